The Morgan fingerprint density at radius 3 is 2.17 bits per heavy atom. The largest absolute Gasteiger partial charge is 0.354 e. The molecule has 0 heterocycles. The van der Waals surface area contributed by atoms with Crippen LogP contribution in [0.15, 0.2) is 71.6 Å². The highest BCUT2D eigenvalue weighted by Crippen LogP contribution is 2.29. The molecule has 0 aliphatic heterocycles. The van der Waals surface area contributed by atoms with Gasteiger partial charge >= 0.3 is 0 Å². The molecule has 0 saturated heterocycles. The van der Waals surface area contributed by atoms with E-state index in [9.17, 15) is 22.4 Å². The fourth-order valence-corrected chi connectivity index (χ4v) is 6.08. The van der Waals surface area contributed by atoms with E-state index in [1.165, 1.54) is 29.2 Å². The van der Waals surface area contributed by atoms with Crippen molar-refractivity contribution >= 4 is 39.1 Å². The van der Waals surface area contributed by atoms with Gasteiger partial charge in [-0.2, -0.15) is 0 Å². The van der Waals surface area contributed by atoms with E-state index in [1.807, 2.05) is 20.8 Å². The third kappa shape index (κ3) is 8.30. The average molecular weight is 602 g/mol. The van der Waals surface area contributed by atoms with Gasteiger partial charge in [0.05, 0.1) is 10.6 Å². The first-order valence-corrected chi connectivity index (χ1v) is 15.3. The molecule has 7 nitrogen and oxygen atoms in total. The predicted octanol–water partition coefficient (Wildman–Crippen LogP) is 5.87. The average Bonchev–Trinajstić information content (AvgIpc) is 2.92. The van der Waals surface area contributed by atoms with Crippen LogP contribution in [0.5, 0.6) is 0 Å². The van der Waals surface area contributed by atoms with Crippen LogP contribution >= 0.6 is 11.6 Å². The van der Waals surface area contributed by atoms with Gasteiger partial charge < -0.3 is 10.2 Å². The van der Waals surface area contributed by atoms with Crippen LogP contribution in [0.25, 0.3) is 0 Å². The van der Waals surface area contributed by atoms with Gasteiger partial charge in [-0.15, -0.1) is 0 Å². The predicted molar refractivity (Wildman–Crippen MR) is 161 cm³/mol. The smallest absolute Gasteiger partial charge is 0.264 e. The lowest BCUT2D eigenvalue weighted by molar-refractivity contribution is -0.140. The lowest BCUT2D eigenvalue weighted by atomic mass is 10.1. The summed E-state index contributed by atoms with van der Waals surface area (Å²) in [4.78, 5) is 28.7. The molecule has 0 aliphatic carbocycles. The number of nitrogens with zero attached hydrogens (tertiary/aromatic N) is 2. The molecule has 0 aliphatic rings. The minimum atomic E-state index is -4.19. The third-order valence-electron chi connectivity index (χ3n) is 6.65. The summed E-state index contributed by atoms with van der Waals surface area (Å²) in [5, 5.41) is 3.31. The zero-order valence-corrected chi connectivity index (χ0v) is 25.6. The molecular weight excluding hydrogens is 565 g/mol. The van der Waals surface area contributed by atoms with Crippen molar-refractivity contribution in [2.45, 2.75) is 58.5 Å². The molecule has 0 unspecified atom stereocenters. The van der Waals surface area contributed by atoms with Crippen LogP contribution in [0, 0.1) is 25.6 Å². The number of hydrogen-bond acceptors (Lipinski definition) is 4. The first-order chi connectivity index (χ1) is 19.3. The topological polar surface area (TPSA) is 86.8 Å². The molecule has 3 aromatic carbocycles. The first kappa shape index (κ1) is 32.1. The van der Waals surface area contributed by atoms with Crippen LogP contribution in [-0.2, 0) is 26.2 Å². The highest BCUT2D eigenvalue weighted by atomic mass is 35.5. The molecule has 2 amide bonds. The van der Waals surface area contributed by atoms with Crippen molar-refractivity contribution in [3.63, 3.8) is 0 Å². The highest BCUT2D eigenvalue weighted by Gasteiger charge is 2.34. The maximum atomic E-state index is 14.1. The lowest BCUT2D eigenvalue weighted by Crippen LogP contribution is -2.52. The minimum absolute atomic E-state index is 0.00919. The standard InChI is InChI=1S/C31H37ClFN3O4S/c1-6-28(31(38)34-18-21(2)3)35(19-24-9-12-26(33)13-10-24)30(37)20-36(29-16-11-25(32)17-23(29)5)41(39,40)27-14-7-22(4)8-15-27/h7-17,21,28H,6,18-20H2,1-5H3,(H,34,38)/t28-/m1/s1. The quantitative estimate of drug-likeness (QED) is 0.281. The van der Waals surface area contributed by atoms with Crippen molar-refractivity contribution in [2.24, 2.45) is 5.92 Å². The van der Waals surface area contributed by atoms with E-state index in [0.717, 1.165) is 9.87 Å². The zero-order valence-electron chi connectivity index (χ0n) is 24.0. The van der Waals surface area contributed by atoms with Gasteiger partial charge in [0, 0.05) is 18.1 Å². The van der Waals surface area contributed by atoms with Gasteiger partial charge in [0.25, 0.3) is 10.0 Å². The van der Waals surface area contributed by atoms with E-state index in [-0.39, 0.29) is 23.3 Å². The van der Waals surface area contributed by atoms with Crippen molar-refractivity contribution < 1.29 is 22.4 Å². The third-order valence-corrected chi connectivity index (χ3v) is 8.66. The number of nitrogens with one attached hydrogen (secondary N) is 1. The van der Waals surface area contributed by atoms with E-state index in [2.05, 4.69) is 5.32 Å². The van der Waals surface area contributed by atoms with Crippen molar-refractivity contribution in [1.82, 2.24) is 10.2 Å². The number of aryl methyl sites for hydroxylation is 2. The van der Waals surface area contributed by atoms with Gasteiger partial charge in [0.1, 0.15) is 18.4 Å². The molecule has 0 radical (unpaired) electrons. The number of halogens is 2. The second-order valence-corrected chi connectivity index (χ2v) is 12.8. The molecule has 0 aromatic heterocycles. The molecule has 3 rings (SSSR count). The Kier molecular flexibility index (Phi) is 10.9. The second-order valence-electron chi connectivity index (χ2n) is 10.5. The maximum absolute atomic E-state index is 14.1. The van der Waals surface area contributed by atoms with E-state index in [0.29, 0.717) is 34.8 Å². The Hall–Kier alpha value is -3.43. The number of benzene rings is 3. The summed E-state index contributed by atoms with van der Waals surface area (Å²) in [6.45, 7) is 9.13. The summed E-state index contributed by atoms with van der Waals surface area (Å²) in [6.07, 6.45) is 0.293. The Morgan fingerprint density at radius 2 is 1.61 bits per heavy atom. The van der Waals surface area contributed by atoms with Crippen molar-refractivity contribution in [3.05, 3.63) is 94.3 Å². The Bertz CT molecular complexity index is 1460. The SMILES string of the molecule is CC[C@H](C(=O)NCC(C)C)N(Cc1ccc(F)cc1)C(=O)CN(c1ccc(Cl)cc1C)S(=O)(=O)c1ccc(C)cc1. The van der Waals surface area contributed by atoms with Gasteiger partial charge in [0.2, 0.25) is 11.8 Å². The number of carbonyl (C=O) groups excluding carboxylic acids is 2. The van der Waals surface area contributed by atoms with Gasteiger partial charge in [-0.25, -0.2) is 12.8 Å². The van der Waals surface area contributed by atoms with Crippen LogP contribution in [0.1, 0.15) is 43.9 Å². The molecule has 41 heavy (non-hydrogen) atoms. The molecular formula is C31H37ClFN3O4S. The number of rotatable bonds is 12. The summed E-state index contributed by atoms with van der Waals surface area (Å²) in [5.41, 5.74) is 2.35. The van der Waals surface area contributed by atoms with Crippen LogP contribution in [0.2, 0.25) is 5.02 Å². The number of sulfonamides is 1. The van der Waals surface area contributed by atoms with E-state index >= 15 is 0 Å². The number of anilines is 1. The van der Waals surface area contributed by atoms with Gasteiger partial charge in [-0.3, -0.25) is 13.9 Å². The van der Waals surface area contributed by atoms with Crippen molar-refractivity contribution in [1.29, 1.82) is 0 Å². The number of carbonyl (C=O) groups is 2. The Morgan fingerprint density at radius 1 is 0.976 bits per heavy atom. The fourth-order valence-electron chi connectivity index (χ4n) is 4.38. The molecule has 1 N–H and O–H groups in total. The van der Waals surface area contributed by atoms with Crippen LogP contribution < -0.4 is 9.62 Å². The molecule has 0 saturated carbocycles. The van der Waals surface area contributed by atoms with Gasteiger partial charge in [-0.05, 0) is 79.8 Å². The summed E-state index contributed by atoms with van der Waals surface area (Å²) in [7, 11) is -4.19. The van der Waals surface area contributed by atoms with Crippen molar-refractivity contribution in [3.8, 4) is 0 Å². The van der Waals surface area contributed by atoms with E-state index < -0.39 is 34.3 Å². The highest BCUT2D eigenvalue weighted by molar-refractivity contribution is 7.92. The van der Waals surface area contributed by atoms with Crippen LogP contribution in [0.3, 0.4) is 0 Å². The zero-order chi connectivity index (χ0) is 30.3. The summed E-state index contributed by atoms with van der Waals surface area (Å²) in [6, 6.07) is 15.9. The molecule has 220 valence electrons. The van der Waals surface area contributed by atoms with Crippen LogP contribution in [0.4, 0.5) is 10.1 Å². The minimum Gasteiger partial charge on any atom is -0.354 e. The van der Waals surface area contributed by atoms with Gasteiger partial charge in [0.15, 0.2) is 0 Å². The number of amides is 2. The van der Waals surface area contributed by atoms with E-state index in [1.54, 1.807) is 56.3 Å². The molecule has 10 heteroatoms. The summed E-state index contributed by atoms with van der Waals surface area (Å²) in [5.74, 6) is -1.15. The lowest BCUT2D eigenvalue weighted by Gasteiger charge is -2.33. The molecule has 0 fully saturated rings. The normalized spacial score (nSPS) is 12.2. The van der Waals surface area contributed by atoms with Crippen LogP contribution in [-0.4, -0.2) is 44.3 Å². The van der Waals surface area contributed by atoms with Crippen molar-refractivity contribution in [2.75, 3.05) is 17.4 Å². The second kappa shape index (κ2) is 14.0. The Balaban J connectivity index is 2.07. The molecule has 1 atom stereocenters. The fraction of sp³-hybridized carbons (Fsp3) is 0.355. The monoisotopic (exact) mass is 601 g/mol. The summed E-state index contributed by atoms with van der Waals surface area (Å²) < 4.78 is 42.7. The molecule has 3 aromatic rings. The maximum Gasteiger partial charge on any atom is 0.264 e. The van der Waals surface area contributed by atoms with Gasteiger partial charge in [-0.1, -0.05) is 62.2 Å². The molecule has 0 bridgehead atoms. The first-order valence-electron chi connectivity index (χ1n) is 13.5. The summed E-state index contributed by atoms with van der Waals surface area (Å²) >= 11 is 6.16. The Labute approximate surface area is 247 Å². The number of hydrogen-bond donors (Lipinski definition) is 1. The molecule has 0 spiro atoms. The van der Waals surface area contributed by atoms with E-state index in [4.69, 9.17) is 11.6 Å².